The van der Waals surface area contributed by atoms with Gasteiger partial charge in [-0.2, -0.15) is 0 Å². The van der Waals surface area contributed by atoms with Crippen molar-refractivity contribution in [3.05, 3.63) is 47.7 Å². The zero-order valence-corrected chi connectivity index (χ0v) is 17.0. The van der Waals surface area contributed by atoms with Crippen molar-refractivity contribution >= 4 is 34.7 Å². The summed E-state index contributed by atoms with van der Waals surface area (Å²) in [5, 5.41) is 13.2. The van der Waals surface area contributed by atoms with E-state index in [0.29, 0.717) is 18.3 Å². The number of amides is 1. The standard InChI is InChI=1S/C19H22N4O2S2/c1-3-10-23(12-17(24)20-14-7-4-5-8-15(14)26-2)13-18-21-22-19(25-18)16-9-6-11-27-16/h4-9,11H,3,10,12-13H2,1-2H3,(H,20,24). The molecule has 2 aromatic heterocycles. The summed E-state index contributed by atoms with van der Waals surface area (Å²) in [6, 6.07) is 11.7. The largest absolute Gasteiger partial charge is 0.419 e. The number of thiophene rings is 1. The highest BCUT2D eigenvalue weighted by molar-refractivity contribution is 7.98. The van der Waals surface area contributed by atoms with E-state index in [0.717, 1.165) is 28.4 Å². The minimum atomic E-state index is -0.0528. The minimum Gasteiger partial charge on any atom is -0.419 e. The second kappa shape index (κ2) is 9.68. The van der Waals surface area contributed by atoms with Gasteiger partial charge in [0.15, 0.2) is 0 Å². The lowest BCUT2D eigenvalue weighted by Gasteiger charge is -2.19. The molecule has 3 rings (SSSR count). The Morgan fingerprint density at radius 3 is 2.85 bits per heavy atom. The van der Waals surface area contributed by atoms with E-state index in [1.807, 2.05) is 52.9 Å². The van der Waals surface area contributed by atoms with Crippen LogP contribution in [0.5, 0.6) is 0 Å². The number of carbonyl (C=O) groups is 1. The summed E-state index contributed by atoms with van der Waals surface area (Å²) in [6.07, 6.45) is 2.93. The van der Waals surface area contributed by atoms with Crippen LogP contribution in [-0.2, 0) is 11.3 Å². The molecule has 0 aliphatic carbocycles. The fourth-order valence-corrected chi connectivity index (χ4v) is 3.88. The van der Waals surface area contributed by atoms with Crippen molar-refractivity contribution < 1.29 is 9.21 Å². The number of nitrogens with one attached hydrogen (secondary N) is 1. The second-order valence-electron chi connectivity index (χ2n) is 5.94. The van der Waals surface area contributed by atoms with Gasteiger partial charge < -0.3 is 9.73 Å². The molecule has 0 spiro atoms. The number of hydrogen-bond donors (Lipinski definition) is 1. The third kappa shape index (κ3) is 5.41. The van der Waals surface area contributed by atoms with Crippen molar-refractivity contribution in [3.8, 4) is 10.8 Å². The maximum absolute atomic E-state index is 12.5. The Morgan fingerprint density at radius 1 is 1.26 bits per heavy atom. The maximum Gasteiger partial charge on any atom is 0.257 e. The summed E-state index contributed by atoms with van der Waals surface area (Å²) in [4.78, 5) is 16.5. The molecule has 2 heterocycles. The third-order valence-corrected chi connectivity index (χ3v) is 5.50. The lowest BCUT2D eigenvalue weighted by molar-refractivity contribution is -0.117. The predicted molar refractivity (Wildman–Crippen MR) is 110 cm³/mol. The first-order valence-electron chi connectivity index (χ1n) is 8.71. The molecular formula is C19H22N4O2S2. The average molecular weight is 403 g/mol. The van der Waals surface area contributed by atoms with Crippen LogP contribution in [0.4, 0.5) is 5.69 Å². The SMILES string of the molecule is CCCN(CC(=O)Nc1ccccc1SC)Cc1nnc(-c2cccs2)o1. The molecule has 142 valence electrons. The van der Waals surface area contributed by atoms with Crippen molar-refractivity contribution in [1.29, 1.82) is 0 Å². The van der Waals surface area contributed by atoms with Gasteiger partial charge in [0.1, 0.15) is 0 Å². The fourth-order valence-electron chi connectivity index (χ4n) is 2.68. The van der Waals surface area contributed by atoms with E-state index >= 15 is 0 Å². The van der Waals surface area contributed by atoms with Crippen LogP contribution in [0, 0.1) is 0 Å². The van der Waals surface area contributed by atoms with E-state index in [4.69, 9.17) is 4.42 Å². The monoisotopic (exact) mass is 402 g/mol. The Hall–Kier alpha value is -2.16. The fraction of sp³-hybridized carbons (Fsp3) is 0.316. The van der Waals surface area contributed by atoms with Crippen molar-refractivity contribution in [1.82, 2.24) is 15.1 Å². The number of hydrogen-bond acceptors (Lipinski definition) is 7. The van der Waals surface area contributed by atoms with Crippen LogP contribution in [0.25, 0.3) is 10.8 Å². The molecule has 0 aliphatic heterocycles. The number of carbonyl (C=O) groups excluding carboxylic acids is 1. The van der Waals surface area contributed by atoms with Gasteiger partial charge in [0, 0.05) is 4.90 Å². The van der Waals surface area contributed by atoms with Gasteiger partial charge in [-0.25, -0.2) is 0 Å². The molecule has 0 fully saturated rings. The smallest absolute Gasteiger partial charge is 0.257 e. The minimum absolute atomic E-state index is 0.0528. The Balaban J connectivity index is 1.62. The van der Waals surface area contributed by atoms with Crippen LogP contribution in [0.2, 0.25) is 0 Å². The van der Waals surface area contributed by atoms with E-state index in [1.165, 1.54) is 0 Å². The number of benzene rings is 1. The van der Waals surface area contributed by atoms with E-state index in [-0.39, 0.29) is 12.5 Å². The highest BCUT2D eigenvalue weighted by Gasteiger charge is 2.16. The van der Waals surface area contributed by atoms with Gasteiger partial charge in [0.25, 0.3) is 5.89 Å². The van der Waals surface area contributed by atoms with E-state index in [9.17, 15) is 4.79 Å². The van der Waals surface area contributed by atoms with Crippen LogP contribution < -0.4 is 5.32 Å². The summed E-state index contributed by atoms with van der Waals surface area (Å²) in [5.41, 5.74) is 0.837. The predicted octanol–water partition coefficient (Wildman–Crippen LogP) is 4.37. The van der Waals surface area contributed by atoms with Crippen LogP contribution in [-0.4, -0.2) is 40.3 Å². The van der Waals surface area contributed by atoms with Crippen LogP contribution in [0.15, 0.2) is 51.1 Å². The molecule has 0 saturated carbocycles. The third-order valence-electron chi connectivity index (χ3n) is 3.85. The first kappa shape index (κ1) is 19.6. The Kier molecular flexibility index (Phi) is 7.03. The molecule has 6 nitrogen and oxygen atoms in total. The van der Waals surface area contributed by atoms with Crippen molar-refractivity contribution in [2.45, 2.75) is 24.8 Å². The molecular weight excluding hydrogens is 380 g/mol. The zero-order valence-electron chi connectivity index (χ0n) is 15.3. The lowest BCUT2D eigenvalue weighted by atomic mass is 10.3. The molecule has 8 heteroatoms. The van der Waals surface area contributed by atoms with Gasteiger partial charge in [-0.1, -0.05) is 25.1 Å². The van der Waals surface area contributed by atoms with E-state index < -0.39 is 0 Å². The molecule has 0 saturated heterocycles. The number of nitrogens with zero attached hydrogens (tertiary/aromatic N) is 3. The summed E-state index contributed by atoms with van der Waals surface area (Å²) in [5.74, 6) is 0.988. The van der Waals surface area contributed by atoms with Gasteiger partial charge in [-0.05, 0) is 42.8 Å². The highest BCUT2D eigenvalue weighted by Crippen LogP contribution is 2.25. The second-order valence-corrected chi connectivity index (χ2v) is 7.73. The van der Waals surface area contributed by atoms with Crippen LogP contribution in [0.1, 0.15) is 19.2 Å². The molecule has 0 aliphatic rings. The van der Waals surface area contributed by atoms with Gasteiger partial charge >= 0.3 is 0 Å². The molecule has 1 N–H and O–H groups in total. The molecule has 0 atom stereocenters. The summed E-state index contributed by atoms with van der Waals surface area (Å²) >= 11 is 3.17. The molecule has 27 heavy (non-hydrogen) atoms. The van der Waals surface area contributed by atoms with Crippen LogP contribution >= 0.6 is 23.1 Å². The molecule has 1 aromatic carbocycles. The number of para-hydroxylation sites is 1. The number of anilines is 1. The van der Waals surface area contributed by atoms with Gasteiger partial charge in [0.05, 0.1) is 23.7 Å². The van der Waals surface area contributed by atoms with Gasteiger partial charge in [-0.15, -0.1) is 33.3 Å². The van der Waals surface area contributed by atoms with Crippen molar-refractivity contribution in [3.63, 3.8) is 0 Å². The molecule has 0 bridgehead atoms. The van der Waals surface area contributed by atoms with E-state index in [1.54, 1.807) is 23.1 Å². The maximum atomic E-state index is 12.5. The Bertz CT molecular complexity index is 864. The lowest BCUT2D eigenvalue weighted by Crippen LogP contribution is -2.33. The van der Waals surface area contributed by atoms with Gasteiger partial charge in [-0.3, -0.25) is 9.69 Å². The summed E-state index contributed by atoms with van der Waals surface area (Å²) in [7, 11) is 0. The zero-order chi connectivity index (χ0) is 19.1. The molecule has 1 amide bonds. The average Bonchev–Trinajstić information content (AvgIpc) is 3.34. The number of rotatable bonds is 9. The number of thioether (sulfide) groups is 1. The molecule has 3 aromatic rings. The summed E-state index contributed by atoms with van der Waals surface area (Å²) in [6.45, 7) is 3.57. The van der Waals surface area contributed by atoms with Crippen molar-refractivity contribution in [2.24, 2.45) is 0 Å². The Labute approximate surface area is 167 Å². The molecule has 0 radical (unpaired) electrons. The summed E-state index contributed by atoms with van der Waals surface area (Å²) < 4.78 is 5.75. The van der Waals surface area contributed by atoms with Crippen LogP contribution in [0.3, 0.4) is 0 Å². The topological polar surface area (TPSA) is 71.3 Å². The van der Waals surface area contributed by atoms with Crippen molar-refractivity contribution in [2.75, 3.05) is 24.7 Å². The Morgan fingerprint density at radius 2 is 2.11 bits per heavy atom. The van der Waals surface area contributed by atoms with E-state index in [2.05, 4.69) is 22.4 Å². The highest BCUT2D eigenvalue weighted by atomic mass is 32.2. The first-order chi connectivity index (χ1) is 13.2. The quantitative estimate of drug-likeness (QED) is 0.536. The first-order valence-corrected chi connectivity index (χ1v) is 10.8. The normalized spacial score (nSPS) is 11.1. The molecule has 0 unspecified atom stereocenters. The number of aromatic nitrogens is 2. The van der Waals surface area contributed by atoms with Gasteiger partial charge in [0.2, 0.25) is 11.8 Å².